The molecule has 2 aromatic carbocycles. The van der Waals surface area contributed by atoms with Crippen LogP contribution in [0.1, 0.15) is 35.7 Å². The van der Waals surface area contributed by atoms with Gasteiger partial charge in [-0.15, -0.1) is 0 Å². The summed E-state index contributed by atoms with van der Waals surface area (Å²) in [5, 5.41) is 0. The quantitative estimate of drug-likeness (QED) is 0.613. The third kappa shape index (κ3) is 5.21. The Morgan fingerprint density at radius 1 is 1.00 bits per heavy atom. The molecule has 25 heavy (non-hydrogen) atoms. The Hall–Kier alpha value is -2.56. The smallest absolute Gasteiger partial charge is 0.305 e. The summed E-state index contributed by atoms with van der Waals surface area (Å²) in [5.74, 6) is -0.249. The van der Waals surface area contributed by atoms with Gasteiger partial charge < -0.3 is 4.90 Å². The number of anilines is 1. The highest BCUT2D eigenvalue weighted by Gasteiger charge is 2.30. The molecule has 0 bridgehead atoms. The zero-order chi connectivity index (χ0) is 18.3. The van der Waals surface area contributed by atoms with Crippen LogP contribution in [0, 0.1) is 0 Å². The molecule has 1 amide bonds. The van der Waals surface area contributed by atoms with Gasteiger partial charge in [0.05, 0.1) is 5.56 Å². The highest BCUT2D eigenvalue weighted by atomic mass is 19.4. The Kier molecular flexibility index (Phi) is 6.39. The Morgan fingerprint density at radius 2 is 1.64 bits per heavy atom. The van der Waals surface area contributed by atoms with E-state index in [0.29, 0.717) is 17.8 Å². The standard InChI is InChI=1S/C20H20F3NO/c1-2-3-4-8-15-24(19(25)16-9-6-5-7-10-16)18-13-11-17(12-14-18)20(21,22)23/h4-14H,2-3,15H2,1H3/b8-4-. The summed E-state index contributed by atoms with van der Waals surface area (Å²) in [7, 11) is 0. The number of hydrogen-bond donors (Lipinski definition) is 0. The van der Waals surface area contributed by atoms with Crippen LogP contribution in [0.2, 0.25) is 0 Å². The lowest BCUT2D eigenvalue weighted by molar-refractivity contribution is -0.137. The number of carbonyl (C=O) groups is 1. The van der Waals surface area contributed by atoms with Crippen LogP contribution < -0.4 is 4.90 Å². The maximum absolute atomic E-state index is 12.8. The summed E-state index contributed by atoms with van der Waals surface area (Å²) in [6.45, 7) is 2.35. The predicted molar refractivity (Wildman–Crippen MR) is 93.6 cm³/mol. The normalized spacial score (nSPS) is 11.7. The summed E-state index contributed by atoms with van der Waals surface area (Å²) in [6, 6.07) is 13.3. The Labute approximate surface area is 145 Å². The van der Waals surface area contributed by atoms with E-state index >= 15 is 0 Å². The molecule has 0 spiro atoms. The Balaban J connectivity index is 2.29. The van der Waals surface area contributed by atoms with E-state index in [1.165, 1.54) is 17.0 Å². The van der Waals surface area contributed by atoms with Crippen LogP contribution in [0.3, 0.4) is 0 Å². The SMILES string of the molecule is CCC/C=C\CN(C(=O)c1ccccc1)c1ccc(C(F)(F)F)cc1. The lowest BCUT2D eigenvalue weighted by Gasteiger charge is -2.22. The maximum atomic E-state index is 12.8. The van der Waals surface area contributed by atoms with Gasteiger partial charge in [-0.05, 0) is 42.8 Å². The first-order valence-corrected chi connectivity index (χ1v) is 8.12. The number of rotatable bonds is 6. The van der Waals surface area contributed by atoms with Crippen molar-refractivity contribution in [2.75, 3.05) is 11.4 Å². The number of halogens is 3. The number of unbranched alkanes of at least 4 members (excludes halogenated alkanes) is 1. The van der Waals surface area contributed by atoms with E-state index in [0.717, 1.165) is 25.0 Å². The van der Waals surface area contributed by atoms with Gasteiger partial charge >= 0.3 is 6.18 Å². The summed E-state index contributed by atoms with van der Waals surface area (Å²) >= 11 is 0. The number of benzene rings is 2. The molecule has 0 aliphatic rings. The Morgan fingerprint density at radius 3 is 2.20 bits per heavy atom. The molecule has 0 fully saturated rings. The zero-order valence-electron chi connectivity index (χ0n) is 14.0. The second-order valence-electron chi connectivity index (χ2n) is 5.59. The summed E-state index contributed by atoms with van der Waals surface area (Å²) in [5.41, 5.74) is 0.194. The first-order valence-electron chi connectivity index (χ1n) is 8.12. The minimum absolute atomic E-state index is 0.249. The van der Waals surface area contributed by atoms with E-state index < -0.39 is 11.7 Å². The van der Waals surface area contributed by atoms with E-state index in [9.17, 15) is 18.0 Å². The van der Waals surface area contributed by atoms with Crippen molar-refractivity contribution in [3.05, 3.63) is 77.9 Å². The molecule has 0 saturated carbocycles. The van der Waals surface area contributed by atoms with Crippen molar-refractivity contribution < 1.29 is 18.0 Å². The molecule has 132 valence electrons. The van der Waals surface area contributed by atoms with Crippen molar-refractivity contribution in [1.29, 1.82) is 0 Å². The lowest BCUT2D eigenvalue weighted by Crippen LogP contribution is -2.31. The average Bonchev–Trinajstić information content (AvgIpc) is 2.61. The van der Waals surface area contributed by atoms with Crippen LogP contribution in [-0.2, 0) is 6.18 Å². The van der Waals surface area contributed by atoms with Gasteiger partial charge in [0.1, 0.15) is 0 Å². The van der Waals surface area contributed by atoms with Crippen LogP contribution in [0.15, 0.2) is 66.7 Å². The third-order valence-electron chi connectivity index (χ3n) is 3.68. The highest BCUT2D eigenvalue weighted by Crippen LogP contribution is 2.30. The molecule has 0 aliphatic carbocycles. The second-order valence-corrected chi connectivity index (χ2v) is 5.59. The van der Waals surface area contributed by atoms with Gasteiger partial charge in [-0.25, -0.2) is 0 Å². The fourth-order valence-electron chi connectivity index (χ4n) is 2.34. The molecule has 0 saturated heterocycles. The molecule has 5 heteroatoms. The first-order chi connectivity index (χ1) is 11.9. The van der Waals surface area contributed by atoms with Crippen LogP contribution in [0.5, 0.6) is 0 Å². The second kappa shape index (κ2) is 8.51. The fourth-order valence-corrected chi connectivity index (χ4v) is 2.34. The van der Waals surface area contributed by atoms with Crippen molar-refractivity contribution in [2.45, 2.75) is 25.9 Å². The van der Waals surface area contributed by atoms with Crippen molar-refractivity contribution >= 4 is 11.6 Å². The van der Waals surface area contributed by atoms with Gasteiger partial charge in [-0.1, -0.05) is 43.7 Å². The maximum Gasteiger partial charge on any atom is 0.416 e. The molecule has 0 aromatic heterocycles. The number of alkyl halides is 3. The fraction of sp³-hybridized carbons (Fsp3) is 0.250. The molecule has 0 aliphatic heterocycles. The molecule has 2 rings (SSSR count). The van der Waals surface area contributed by atoms with Crippen LogP contribution >= 0.6 is 0 Å². The first kappa shape index (κ1) is 18.8. The van der Waals surface area contributed by atoms with Crippen molar-refractivity contribution in [3.63, 3.8) is 0 Å². The highest BCUT2D eigenvalue weighted by molar-refractivity contribution is 6.06. The van der Waals surface area contributed by atoms with Gasteiger partial charge in [0, 0.05) is 17.8 Å². The zero-order valence-corrected chi connectivity index (χ0v) is 14.0. The molecule has 0 unspecified atom stereocenters. The number of amides is 1. The van der Waals surface area contributed by atoms with Gasteiger partial charge in [-0.2, -0.15) is 13.2 Å². The van der Waals surface area contributed by atoms with Gasteiger partial charge in [0.25, 0.3) is 5.91 Å². The Bertz CT molecular complexity index is 706. The predicted octanol–water partition coefficient (Wildman–Crippen LogP) is 5.71. The molecular formula is C20H20F3NO. The number of carbonyl (C=O) groups excluding carboxylic acids is 1. The van der Waals surface area contributed by atoms with E-state index in [1.54, 1.807) is 30.3 Å². The minimum Gasteiger partial charge on any atom is -0.305 e. The largest absolute Gasteiger partial charge is 0.416 e. The number of allylic oxidation sites excluding steroid dienone is 1. The minimum atomic E-state index is -4.40. The summed E-state index contributed by atoms with van der Waals surface area (Å²) in [6.07, 6.45) is 1.31. The van der Waals surface area contributed by atoms with Gasteiger partial charge in [-0.3, -0.25) is 4.79 Å². The van der Waals surface area contributed by atoms with Crippen LogP contribution in [0.4, 0.5) is 18.9 Å². The van der Waals surface area contributed by atoms with E-state index in [2.05, 4.69) is 0 Å². The number of nitrogens with zero attached hydrogens (tertiary/aromatic N) is 1. The molecule has 0 atom stereocenters. The van der Waals surface area contributed by atoms with Crippen molar-refractivity contribution in [2.24, 2.45) is 0 Å². The van der Waals surface area contributed by atoms with E-state index in [-0.39, 0.29) is 5.91 Å². The van der Waals surface area contributed by atoms with E-state index in [4.69, 9.17) is 0 Å². The van der Waals surface area contributed by atoms with Crippen molar-refractivity contribution in [3.8, 4) is 0 Å². The molecule has 0 heterocycles. The van der Waals surface area contributed by atoms with Crippen LogP contribution in [-0.4, -0.2) is 12.5 Å². The molecule has 0 N–H and O–H groups in total. The summed E-state index contributed by atoms with van der Waals surface area (Å²) < 4.78 is 38.2. The van der Waals surface area contributed by atoms with Crippen molar-refractivity contribution in [1.82, 2.24) is 0 Å². The molecule has 0 radical (unpaired) electrons. The molecular weight excluding hydrogens is 327 g/mol. The number of hydrogen-bond acceptors (Lipinski definition) is 1. The monoisotopic (exact) mass is 347 g/mol. The third-order valence-corrected chi connectivity index (χ3v) is 3.68. The van der Waals surface area contributed by atoms with Crippen LogP contribution in [0.25, 0.3) is 0 Å². The summed E-state index contributed by atoms with van der Waals surface area (Å²) in [4.78, 5) is 14.2. The lowest BCUT2D eigenvalue weighted by atomic mass is 10.1. The topological polar surface area (TPSA) is 20.3 Å². The molecule has 2 aromatic rings. The van der Waals surface area contributed by atoms with Gasteiger partial charge in [0.2, 0.25) is 0 Å². The van der Waals surface area contributed by atoms with Gasteiger partial charge in [0.15, 0.2) is 0 Å². The molecule has 2 nitrogen and oxygen atoms in total. The average molecular weight is 347 g/mol. The van der Waals surface area contributed by atoms with E-state index in [1.807, 2.05) is 19.1 Å².